The molecule has 3 rings (SSSR count). The number of alkyl halides is 9. The van der Waals surface area contributed by atoms with E-state index in [4.69, 9.17) is 10.5 Å². The van der Waals surface area contributed by atoms with Crippen molar-refractivity contribution in [3.63, 3.8) is 0 Å². The molecule has 2 aromatic rings. The minimum atomic E-state index is -5.13. The van der Waals surface area contributed by atoms with Crippen molar-refractivity contribution >= 4 is 11.8 Å². The van der Waals surface area contributed by atoms with Crippen molar-refractivity contribution in [2.75, 3.05) is 4.90 Å². The number of benzene rings is 2. The predicted octanol–water partition coefficient (Wildman–Crippen LogP) is 8.06. The van der Waals surface area contributed by atoms with Gasteiger partial charge >= 0.3 is 24.6 Å². The summed E-state index contributed by atoms with van der Waals surface area (Å²) >= 11 is 0. The van der Waals surface area contributed by atoms with Crippen molar-refractivity contribution in [1.29, 1.82) is 0 Å². The van der Waals surface area contributed by atoms with Crippen LogP contribution in [0, 0.1) is 0 Å². The van der Waals surface area contributed by atoms with Gasteiger partial charge in [-0.05, 0) is 74.2 Å². The summed E-state index contributed by atoms with van der Waals surface area (Å²) in [6.45, 7) is 4.81. The van der Waals surface area contributed by atoms with Crippen LogP contribution >= 0.6 is 0 Å². The predicted molar refractivity (Wildman–Crippen MR) is 120 cm³/mol. The molecule has 210 valence electrons. The fourth-order valence-corrected chi connectivity index (χ4v) is 4.57. The van der Waals surface area contributed by atoms with Gasteiger partial charge in [-0.15, -0.1) is 0 Å². The highest BCUT2D eigenvalue weighted by Gasteiger charge is 2.43. The van der Waals surface area contributed by atoms with Gasteiger partial charge in [-0.2, -0.15) is 39.5 Å². The van der Waals surface area contributed by atoms with Crippen LogP contribution in [-0.4, -0.2) is 18.2 Å². The highest BCUT2D eigenvalue weighted by molar-refractivity contribution is 5.90. The molecule has 0 saturated heterocycles. The maximum atomic E-state index is 13.6. The summed E-state index contributed by atoms with van der Waals surface area (Å²) in [7, 11) is 0. The molecule has 0 aliphatic carbocycles. The van der Waals surface area contributed by atoms with Gasteiger partial charge in [0.25, 0.3) is 0 Å². The molecule has 4 nitrogen and oxygen atoms in total. The molecule has 0 aromatic heterocycles. The van der Waals surface area contributed by atoms with E-state index in [1.807, 2.05) is 0 Å². The Labute approximate surface area is 212 Å². The largest absolute Gasteiger partial charge is 0.446 e. The Hall–Kier alpha value is -2.96. The number of carbonyl (C=O) groups is 1. The number of rotatable bonds is 4. The molecule has 13 heteroatoms. The topological polar surface area (TPSA) is 55.6 Å². The first kappa shape index (κ1) is 29.6. The van der Waals surface area contributed by atoms with E-state index in [-0.39, 0.29) is 30.2 Å². The molecule has 0 radical (unpaired) electrons. The summed E-state index contributed by atoms with van der Waals surface area (Å²) in [5.74, 6) is -1.15. The zero-order chi connectivity index (χ0) is 28.8. The number of fused-ring (bicyclic) bond motifs is 1. The van der Waals surface area contributed by atoms with Gasteiger partial charge in [0, 0.05) is 18.0 Å². The van der Waals surface area contributed by atoms with Crippen LogP contribution in [0.3, 0.4) is 0 Å². The highest BCUT2D eigenvalue weighted by Crippen LogP contribution is 2.48. The Morgan fingerprint density at radius 2 is 1.45 bits per heavy atom. The maximum absolute atomic E-state index is 13.6. The molecule has 2 N–H and O–H groups in total. The van der Waals surface area contributed by atoms with Crippen LogP contribution in [0.1, 0.15) is 73.4 Å². The molecular weight excluding hydrogens is 531 g/mol. The monoisotopic (exact) mass is 556 g/mol. The molecule has 0 spiro atoms. The Bertz CT molecular complexity index is 1140. The van der Waals surface area contributed by atoms with Gasteiger partial charge in [-0.3, -0.25) is 4.90 Å². The summed E-state index contributed by atoms with van der Waals surface area (Å²) < 4.78 is 127. The van der Waals surface area contributed by atoms with Crippen LogP contribution in [0.5, 0.6) is 0 Å². The zero-order valence-corrected chi connectivity index (χ0v) is 20.4. The molecule has 2 aromatic carbocycles. The van der Waals surface area contributed by atoms with Crippen molar-refractivity contribution in [3.05, 3.63) is 64.2 Å². The van der Waals surface area contributed by atoms with Crippen LogP contribution in [0.2, 0.25) is 0 Å². The SMILES string of the molecule is CC[C@@H]1C[C@@H]([C@H](N)c2cc(C(F)(F)F)cc(C(F)(F)F)c2)c2cc(C(F)(F)F)ccc2N1C(=O)OC(C)C. The second-order valence-electron chi connectivity index (χ2n) is 9.34. The van der Waals surface area contributed by atoms with Crippen molar-refractivity contribution in [1.82, 2.24) is 0 Å². The van der Waals surface area contributed by atoms with Crippen LogP contribution in [0.15, 0.2) is 36.4 Å². The Morgan fingerprint density at radius 1 is 0.921 bits per heavy atom. The van der Waals surface area contributed by atoms with Crippen molar-refractivity contribution in [3.8, 4) is 0 Å². The molecule has 0 bridgehead atoms. The zero-order valence-electron chi connectivity index (χ0n) is 20.4. The molecule has 0 fully saturated rings. The number of hydrogen-bond acceptors (Lipinski definition) is 3. The van der Waals surface area contributed by atoms with Gasteiger partial charge in [0.1, 0.15) is 0 Å². The van der Waals surface area contributed by atoms with Crippen molar-refractivity contribution in [2.45, 2.75) is 76.2 Å². The first-order chi connectivity index (χ1) is 17.3. The highest BCUT2D eigenvalue weighted by atomic mass is 19.4. The number of ether oxygens (including phenoxy) is 1. The molecule has 0 saturated carbocycles. The normalized spacial score (nSPS) is 19.4. The van der Waals surface area contributed by atoms with E-state index in [9.17, 15) is 44.3 Å². The third-order valence-electron chi connectivity index (χ3n) is 6.34. The Kier molecular flexibility index (Phi) is 8.03. The maximum Gasteiger partial charge on any atom is 0.416 e. The van der Waals surface area contributed by atoms with Crippen LogP contribution in [-0.2, 0) is 23.3 Å². The van der Waals surface area contributed by atoms with E-state index in [1.54, 1.807) is 20.8 Å². The van der Waals surface area contributed by atoms with Gasteiger partial charge in [0.15, 0.2) is 0 Å². The van der Waals surface area contributed by atoms with Crippen molar-refractivity contribution < 1.29 is 49.0 Å². The molecule has 1 amide bonds. The lowest BCUT2D eigenvalue weighted by molar-refractivity contribution is -0.143. The van der Waals surface area contributed by atoms with E-state index in [1.165, 1.54) is 0 Å². The molecule has 1 aliphatic rings. The van der Waals surface area contributed by atoms with Crippen LogP contribution in [0.4, 0.5) is 50.0 Å². The van der Waals surface area contributed by atoms with E-state index in [0.717, 1.165) is 23.1 Å². The number of halogens is 9. The summed E-state index contributed by atoms with van der Waals surface area (Å²) in [5, 5.41) is 0. The van der Waals surface area contributed by atoms with Gasteiger partial charge in [-0.25, -0.2) is 4.79 Å². The average Bonchev–Trinajstić information content (AvgIpc) is 2.79. The smallest absolute Gasteiger partial charge is 0.416 e. The molecule has 3 atom stereocenters. The van der Waals surface area contributed by atoms with Gasteiger partial charge in [-0.1, -0.05) is 6.92 Å². The van der Waals surface area contributed by atoms with Crippen LogP contribution < -0.4 is 10.6 Å². The lowest BCUT2D eigenvalue weighted by atomic mass is 9.77. The molecule has 0 unspecified atom stereocenters. The van der Waals surface area contributed by atoms with Crippen molar-refractivity contribution in [2.24, 2.45) is 5.73 Å². The second kappa shape index (κ2) is 10.3. The van der Waals surface area contributed by atoms with Gasteiger partial charge in [0.2, 0.25) is 0 Å². The lowest BCUT2D eigenvalue weighted by Crippen LogP contribution is -2.47. The first-order valence-electron chi connectivity index (χ1n) is 11.6. The number of amides is 1. The summed E-state index contributed by atoms with van der Waals surface area (Å²) in [6, 6.07) is 1.12. The summed E-state index contributed by atoms with van der Waals surface area (Å²) in [6.07, 6.45) is -16.4. The number of carbonyl (C=O) groups excluding carboxylic acids is 1. The van der Waals surface area contributed by atoms with E-state index in [2.05, 4.69) is 0 Å². The average molecular weight is 556 g/mol. The molecule has 38 heavy (non-hydrogen) atoms. The minimum Gasteiger partial charge on any atom is -0.446 e. The Morgan fingerprint density at radius 3 is 1.89 bits per heavy atom. The second-order valence-corrected chi connectivity index (χ2v) is 9.34. The third-order valence-corrected chi connectivity index (χ3v) is 6.34. The molecular formula is C25H25F9N2O2. The number of nitrogens with two attached hydrogens (primary N) is 1. The van der Waals surface area contributed by atoms with E-state index >= 15 is 0 Å². The lowest BCUT2D eigenvalue weighted by Gasteiger charge is -2.42. The van der Waals surface area contributed by atoms with Crippen LogP contribution in [0.25, 0.3) is 0 Å². The number of hydrogen-bond donors (Lipinski definition) is 1. The molecule has 1 heterocycles. The molecule has 1 aliphatic heterocycles. The standard InChI is InChI=1S/C25H25F9N2O2/c1-4-17-11-19(21(35)13-7-15(24(29,30)31)9-16(8-13)25(32,33)34)18-10-14(23(26,27)28)5-6-20(18)36(17)22(37)38-12(2)3/h5-10,12,17,19,21H,4,11,35H2,1-3H3/t17-,19-,21-/m1/s1. The quantitative estimate of drug-likeness (QED) is 0.388. The van der Waals surface area contributed by atoms with E-state index in [0.29, 0.717) is 12.1 Å². The number of anilines is 1. The fourth-order valence-electron chi connectivity index (χ4n) is 4.57. The third kappa shape index (κ3) is 6.19. The Balaban J connectivity index is 2.22. The van der Waals surface area contributed by atoms with Gasteiger partial charge < -0.3 is 10.5 Å². The minimum absolute atomic E-state index is 0.00905. The number of nitrogens with zero attached hydrogens (tertiary/aromatic N) is 1. The van der Waals surface area contributed by atoms with E-state index < -0.39 is 71.0 Å². The summed E-state index contributed by atoms with van der Waals surface area (Å²) in [5.41, 5.74) is 1.25. The van der Waals surface area contributed by atoms with Gasteiger partial charge in [0.05, 0.1) is 28.5 Å². The summed E-state index contributed by atoms with van der Waals surface area (Å²) in [4.78, 5) is 14.0. The first-order valence-corrected chi connectivity index (χ1v) is 11.6. The fraction of sp³-hybridized carbons (Fsp3) is 0.480.